The number of carbonyl (C=O) groups excluding carboxylic acids is 1. The summed E-state index contributed by atoms with van der Waals surface area (Å²) in [5.74, 6) is 1.06. The zero-order valence-corrected chi connectivity index (χ0v) is 19.4. The van der Waals surface area contributed by atoms with Crippen LogP contribution in [0.1, 0.15) is 55.9 Å². The molecule has 3 rings (SSSR count). The van der Waals surface area contributed by atoms with E-state index in [1.165, 1.54) is 22.3 Å². The molecule has 0 saturated carbocycles. The molecule has 31 heavy (non-hydrogen) atoms. The smallest absolute Gasteiger partial charge is 0.222 e. The minimum atomic E-state index is 0.185. The monoisotopic (exact) mass is 420 g/mol. The van der Waals surface area contributed by atoms with Gasteiger partial charge in [-0.15, -0.1) is 0 Å². The number of likely N-dealkylation sites (tertiary alicyclic amines) is 1. The molecule has 1 amide bonds. The van der Waals surface area contributed by atoms with Gasteiger partial charge in [0.25, 0.3) is 0 Å². The highest BCUT2D eigenvalue weighted by molar-refractivity contribution is 5.79. The average Bonchev–Trinajstić information content (AvgIpc) is 3.15. The van der Waals surface area contributed by atoms with E-state index in [2.05, 4.69) is 84.9 Å². The number of amides is 1. The number of nitrogens with zero attached hydrogens (tertiary/aromatic N) is 2. The summed E-state index contributed by atoms with van der Waals surface area (Å²) in [5.41, 5.74) is 5.23. The van der Waals surface area contributed by atoms with Crippen LogP contribution >= 0.6 is 0 Å². The number of hydrogen-bond acceptors (Lipinski definition) is 2. The van der Waals surface area contributed by atoms with Gasteiger partial charge in [-0.25, -0.2) is 0 Å². The standard InChI is InChI=1S/C26H36N4O/c1-26(2,3)23-12-10-20(11-13-23)14-15-28-25(27-4)29-18-21-7-5-8-22(17-21)19-30-16-6-9-24(30)31/h5,7-8,10-13,17H,6,9,14-16,18-19H2,1-4H3,(H2,27,28,29). The molecule has 1 saturated heterocycles. The van der Waals surface area contributed by atoms with E-state index in [0.29, 0.717) is 19.5 Å². The van der Waals surface area contributed by atoms with Gasteiger partial charge in [-0.1, -0.05) is 69.3 Å². The van der Waals surface area contributed by atoms with Crippen LogP contribution in [0.2, 0.25) is 0 Å². The van der Waals surface area contributed by atoms with Crippen LogP contribution in [-0.4, -0.2) is 36.9 Å². The topological polar surface area (TPSA) is 56.7 Å². The molecule has 2 N–H and O–H groups in total. The van der Waals surface area contributed by atoms with Crippen molar-refractivity contribution in [2.24, 2.45) is 4.99 Å². The molecule has 1 heterocycles. The van der Waals surface area contributed by atoms with Crippen LogP contribution < -0.4 is 10.6 Å². The molecule has 2 aromatic carbocycles. The summed E-state index contributed by atoms with van der Waals surface area (Å²) in [6.07, 6.45) is 2.61. The largest absolute Gasteiger partial charge is 0.356 e. The van der Waals surface area contributed by atoms with Crippen molar-refractivity contribution in [1.29, 1.82) is 0 Å². The number of guanidine groups is 1. The number of nitrogens with one attached hydrogen (secondary N) is 2. The van der Waals surface area contributed by atoms with Crippen molar-refractivity contribution >= 4 is 11.9 Å². The quantitative estimate of drug-likeness (QED) is 0.526. The van der Waals surface area contributed by atoms with E-state index in [1.807, 2.05) is 4.90 Å². The normalized spacial score (nSPS) is 14.8. The fourth-order valence-electron chi connectivity index (χ4n) is 3.83. The molecule has 0 radical (unpaired) electrons. The van der Waals surface area contributed by atoms with Crippen LogP contribution in [0.4, 0.5) is 0 Å². The van der Waals surface area contributed by atoms with E-state index in [-0.39, 0.29) is 11.3 Å². The second-order valence-electron chi connectivity index (χ2n) is 9.29. The van der Waals surface area contributed by atoms with Gasteiger partial charge in [-0.05, 0) is 40.5 Å². The SMILES string of the molecule is CN=C(NCCc1ccc(C(C)(C)C)cc1)NCc1cccc(CN2CCCC2=O)c1. The first-order valence-electron chi connectivity index (χ1n) is 11.2. The molecule has 2 aromatic rings. The highest BCUT2D eigenvalue weighted by atomic mass is 16.2. The zero-order chi connectivity index (χ0) is 22.3. The Morgan fingerprint density at radius 2 is 1.77 bits per heavy atom. The molecule has 1 aliphatic heterocycles. The lowest BCUT2D eigenvalue weighted by Crippen LogP contribution is -2.37. The number of hydrogen-bond donors (Lipinski definition) is 2. The summed E-state index contributed by atoms with van der Waals surface area (Å²) in [5, 5.41) is 6.79. The van der Waals surface area contributed by atoms with Crippen molar-refractivity contribution in [1.82, 2.24) is 15.5 Å². The fourth-order valence-corrected chi connectivity index (χ4v) is 3.83. The van der Waals surface area contributed by atoms with Gasteiger partial charge in [0.05, 0.1) is 0 Å². The first kappa shape index (κ1) is 22.9. The van der Waals surface area contributed by atoms with Gasteiger partial charge in [-0.3, -0.25) is 9.79 Å². The van der Waals surface area contributed by atoms with Crippen molar-refractivity contribution in [3.05, 3.63) is 70.8 Å². The van der Waals surface area contributed by atoms with Gasteiger partial charge in [0, 0.05) is 39.6 Å². The van der Waals surface area contributed by atoms with E-state index < -0.39 is 0 Å². The van der Waals surface area contributed by atoms with Crippen LogP contribution in [0.5, 0.6) is 0 Å². The first-order valence-corrected chi connectivity index (χ1v) is 11.2. The molecule has 5 nitrogen and oxygen atoms in total. The van der Waals surface area contributed by atoms with Crippen LogP contribution in [-0.2, 0) is 29.7 Å². The van der Waals surface area contributed by atoms with Gasteiger partial charge in [0.15, 0.2) is 5.96 Å². The Hall–Kier alpha value is -2.82. The van der Waals surface area contributed by atoms with E-state index in [0.717, 1.165) is 31.9 Å². The summed E-state index contributed by atoms with van der Waals surface area (Å²) < 4.78 is 0. The Kier molecular flexibility index (Phi) is 7.72. The maximum absolute atomic E-state index is 11.9. The third-order valence-electron chi connectivity index (χ3n) is 5.75. The Balaban J connectivity index is 1.45. The summed E-state index contributed by atoms with van der Waals surface area (Å²) in [4.78, 5) is 18.2. The van der Waals surface area contributed by atoms with Crippen LogP contribution in [0.25, 0.3) is 0 Å². The van der Waals surface area contributed by atoms with E-state index >= 15 is 0 Å². The van der Waals surface area contributed by atoms with Gasteiger partial charge >= 0.3 is 0 Å². The van der Waals surface area contributed by atoms with Crippen LogP contribution in [0.15, 0.2) is 53.5 Å². The maximum atomic E-state index is 11.9. The highest BCUT2D eigenvalue weighted by Crippen LogP contribution is 2.22. The molecule has 0 spiro atoms. The third-order valence-corrected chi connectivity index (χ3v) is 5.75. The molecule has 0 aliphatic carbocycles. The molecular weight excluding hydrogens is 384 g/mol. The predicted octanol–water partition coefficient (Wildman–Crippen LogP) is 4.01. The third kappa shape index (κ3) is 6.84. The lowest BCUT2D eigenvalue weighted by Gasteiger charge is -2.19. The van der Waals surface area contributed by atoms with Gasteiger partial charge in [0.1, 0.15) is 0 Å². The van der Waals surface area contributed by atoms with Crippen molar-refractivity contribution in [3.8, 4) is 0 Å². The Bertz CT molecular complexity index is 896. The van der Waals surface area contributed by atoms with Crippen LogP contribution in [0.3, 0.4) is 0 Å². The second kappa shape index (κ2) is 10.5. The van der Waals surface area contributed by atoms with Gasteiger partial charge in [0.2, 0.25) is 5.91 Å². The van der Waals surface area contributed by atoms with Crippen molar-refractivity contribution in [2.45, 2.75) is 58.5 Å². The number of aliphatic imine (C=N–C) groups is 1. The number of carbonyl (C=O) groups is 1. The van der Waals surface area contributed by atoms with Gasteiger partial charge in [-0.2, -0.15) is 0 Å². The lowest BCUT2D eigenvalue weighted by molar-refractivity contribution is -0.128. The van der Waals surface area contributed by atoms with Gasteiger partial charge < -0.3 is 15.5 Å². The fraction of sp³-hybridized carbons (Fsp3) is 0.462. The molecular formula is C26H36N4O. The van der Waals surface area contributed by atoms with E-state index in [9.17, 15) is 4.79 Å². The first-order chi connectivity index (χ1) is 14.8. The Labute approximate surface area is 187 Å². The second-order valence-corrected chi connectivity index (χ2v) is 9.29. The Morgan fingerprint density at radius 3 is 2.42 bits per heavy atom. The van der Waals surface area contributed by atoms with Crippen LogP contribution in [0, 0.1) is 0 Å². The molecule has 0 atom stereocenters. The molecule has 5 heteroatoms. The average molecular weight is 421 g/mol. The molecule has 0 bridgehead atoms. The minimum absolute atomic E-state index is 0.185. The van der Waals surface area contributed by atoms with E-state index in [4.69, 9.17) is 0 Å². The number of rotatable bonds is 7. The Morgan fingerprint density at radius 1 is 1.03 bits per heavy atom. The van der Waals surface area contributed by atoms with Crippen molar-refractivity contribution in [3.63, 3.8) is 0 Å². The zero-order valence-electron chi connectivity index (χ0n) is 19.4. The molecule has 1 aliphatic rings. The summed E-state index contributed by atoms with van der Waals surface area (Å²) >= 11 is 0. The summed E-state index contributed by atoms with van der Waals surface area (Å²) in [7, 11) is 1.79. The molecule has 1 fully saturated rings. The number of benzene rings is 2. The predicted molar refractivity (Wildman–Crippen MR) is 128 cm³/mol. The minimum Gasteiger partial charge on any atom is -0.356 e. The molecule has 166 valence electrons. The maximum Gasteiger partial charge on any atom is 0.222 e. The summed E-state index contributed by atoms with van der Waals surface area (Å²) in [6.45, 7) is 9.81. The van der Waals surface area contributed by atoms with Crippen molar-refractivity contribution in [2.75, 3.05) is 20.1 Å². The highest BCUT2D eigenvalue weighted by Gasteiger charge is 2.20. The lowest BCUT2D eigenvalue weighted by atomic mass is 9.86. The molecule has 0 aromatic heterocycles. The van der Waals surface area contributed by atoms with E-state index in [1.54, 1.807) is 7.05 Å². The van der Waals surface area contributed by atoms with Crippen molar-refractivity contribution < 1.29 is 4.79 Å². The molecule has 0 unspecified atom stereocenters. The summed E-state index contributed by atoms with van der Waals surface area (Å²) in [6, 6.07) is 17.3.